The highest BCUT2D eigenvalue weighted by molar-refractivity contribution is 7.12. The van der Waals surface area contributed by atoms with Crippen LogP contribution in [0.4, 0.5) is 13.2 Å². The van der Waals surface area contributed by atoms with E-state index in [1.165, 1.54) is 11.3 Å². The van der Waals surface area contributed by atoms with Crippen molar-refractivity contribution in [3.05, 3.63) is 40.2 Å². The normalized spacial score (nSPS) is 11.8. The summed E-state index contributed by atoms with van der Waals surface area (Å²) in [6.07, 6.45) is -4.23. The maximum Gasteiger partial charge on any atom is 0.389 e. The van der Waals surface area contributed by atoms with E-state index in [2.05, 4.69) is 10.3 Å². The van der Waals surface area contributed by atoms with Gasteiger partial charge in [-0.2, -0.15) is 13.2 Å². The Kier molecular flexibility index (Phi) is 5.36. The molecule has 114 valence electrons. The van der Waals surface area contributed by atoms with Crippen molar-refractivity contribution in [2.24, 2.45) is 0 Å². The molecule has 0 spiro atoms. The molecule has 0 unspecified atom stereocenters. The van der Waals surface area contributed by atoms with E-state index >= 15 is 0 Å². The van der Waals surface area contributed by atoms with E-state index in [0.29, 0.717) is 5.01 Å². The lowest BCUT2D eigenvalue weighted by molar-refractivity contribution is -0.133. The van der Waals surface area contributed by atoms with Crippen molar-refractivity contribution in [1.82, 2.24) is 10.3 Å². The fraction of sp³-hybridized carbons (Fsp3) is 0.400. The second kappa shape index (κ2) is 7.04. The molecule has 0 atom stereocenters. The maximum absolute atomic E-state index is 12.3. The minimum atomic E-state index is -4.14. The van der Waals surface area contributed by atoms with Crippen LogP contribution in [0.25, 0.3) is 11.3 Å². The van der Waals surface area contributed by atoms with Gasteiger partial charge in [0.15, 0.2) is 0 Å². The minimum Gasteiger partial charge on any atom is -0.319 e. The zero-order valence-electron chi connectivity index (χ0n) is 11.7. The van der Waals surface area contributed by atoms with Crippen LogP contribution >= 0.6 is 11.3 Å². The predicted octanol–water partition coefficient (Wildman–Crippen LogP) is 4.07. The van der Waals surface area contributed by atoms with Gasteiger partial charge < -0.3 is 5.32 Å². The first-order valence-electron chi connectivity index (χ1n) is 6.75. The number of hydrogen-bond donors (Lipinski definition) is 1. The Morgan fingerprint density at radius 1 is 1.14 bits per heavy atom. The van der Waals surface area contributed by atoms with Crippen LogP contribution in [0.15, 0.2) is 30.3 Å². The van der Waals surface area contributed by atoms with Gasteiger partial charge in [0.25, 0.3) is 0 Å². The number of nitrogens with one attached hydrogen (secondary N) is 1. The number of alkyl halides is 3. The van der Waals surface area contributed by atoms with Crippen LogP contribution in [0.2, 0.25) is 0 Å². The van der Waals surface area contributed by atoms with Crippen LogP contribution in [-0.4, -0.2) is 24.8 Å². The first-order chi connectivity index (χ1) is 9.99. The zero-order chi connectivity index (χ0) is 15.3. The number of aromatic nitrogens is 1. The molecule has 0 radical (unpaired) electrons. The average Bonchev–Trinajstić information content (AvgIpc) is 2.86. The van der Waals surface area contributed by atoms with E-state index in [9.17, 15) is 13.2 Å². The van der Waals surface area contributed by atoms with Crippen LogP contribution in [-0.2, 0) is 12.8 Å². The van der Waals surface area contributed by atoms with E-state index in [1.54, 1.807) is 0 Å². The van der Waals surface area contributed by atoms with Gasteiger partial charge in [-0.25, -0.2) is 4.98 Å². The molecule has 1 heterocycles. The number of halogens is 3. The molecule has 0 aliphatic heterocycles. The number of hydrogen-bond acceptors (Lipinski definition) is 3. The van der Waals surface area contributed by atoms with Crippen molar-refractivity contribution in [2.75, 3.05) is 13.6 Å². The third-order valence-electron chi connectivity index (χ3n) is 3.01. The molecule has 0 saturated carbocycles. The molecule has 0 fully saturated rings. The lowest BCUT2D eigenvalue weighted by atomic mass is 10.1. The number of thiazole rings is 1. The van der Waals surface area contributed by atoms with E-state index in [-0.39, 0.29) is 6.42 Å². The van der Waals surface area contributed by atoms with Crippen LogP contribution in [0.5, 0.6) is 0 Å². The van der Waals surface area contributed by atoms with E-state index in [0.717, 1.165) is 29.1 Å². The summed E-state index contributed by atoms with van der Waals surface area (Å²) in [6, 6.07) is 9.60. The molecular formula is C15H17F3N2S. The molecule has 2 nitrogen and oxygen atoms in total. The van der Waals surface area contributed by atoms with Crippen molar-refractivity contribution < 1.29 is 13.2 Å². The second-order valence-electron chi connectivity index (χ2n) is 4.71. The Balaban J connectivity index is 2.23. The van der Waals surface area contributed by atoms with Gasteiger partial charge in [0, 0.05) is 23.3 Å². The SMILES string of the molecule is CNCCc1sc(CCC(F)(F)F)nc1-c1ccccc1. The van der Waals surface area contributed by atoms with Gasteiger partial charge >= 0.3 is 6.18 Å². The summed E-state index contributed by atoms with van der Waals surface area (Å²) >= 11 is 1.38. The Bertz CT molecular complexity index is 564. The van der Waals surface area contributed by atoms with E-state index < -0.39 is 12.6 Å². The summed E-state index contributed by atoms with van der Waals surface area (Å²) in [4.78, 5) is 5.46. The van der Waals surface area contributed by atoms with E-state index in [1.807, 2.05) is 37.4 Å². The molecule has 0 aliphatic rings. The maximum atomic E-state index is 12.3. The fourth-order valence-electron chi connectivity index (χ4n) is 1.99. The first kappa shape index (κ1) is 16.0. The Hall–Kier alpha value is -1.40. The molecule has 0 amide bonds. The van der Waals surface area contributed by atoms with Gasteiger partial charge in [0.1, 0.15) is 0 Å². The third kappa shape index (κ3) is 4.82. The zero-order valence-corrected chi connectivity index (χ0v) is 12.5. The standard InChI is InChI=1S/C15H17F3N2S/c1-19-10-8-12-14(11-5-3-2-4-6-11)20-13(21-12)7-9-15(16,17)18/h2-6,19H,7-10H2,1H3. The van der Waals surface area contributed by atoms with Gasteiger partial charge in [-0.05, 0) is 20.0 Å². The fourth-order valence-corrected chi connectivity index (χ4v) is 3.08. The quantitative estimate of drug-likeness (QED) is 0.869. The van der Waals surface area contributed by atoms with Crippen LogP contribution in [0.1, 0.15) is 16.3 Å². The Morgan fingerprint density at radius 2 is 1.86 bits per heavy atom. The Morgan fingerprint density at radius 3 is 2.48 bits per heavy atom. The molecular weight excluding hydrogens is 297 g/mol. The molecule has 2 aromatic rings. The molecule has 1 aromatic carbocycles. The molecule has 6 heteroatoms. The summed E-state index contributed by atoms with van der Waals surface area (Å²) in [5.41, 5.74) is 1.77. The second-order valence-corrected chi connectivity index (χ2v) is 5.88. The van der Waals surface area contributed by atoms with Crippen LogP contribution in [0.3, 0.4) is 0 Å². The largest absolute Gasteiger partial charge is 0.389 e. The van der Waals surface area contributed by atoms with Crippen molar-refractivity contribution in [3.8, 4) is 11.3 Å². The van der Waals surface area contributed by atoms with Gasteiger partial charge in [-0.1, -0.05) is 30.3 Å². The van der Waals surface area contributed by atoms with Crippen molar-refractivity contribution in [2.45, 2.75) is 25.4 Å². The molecule has 0 saturated heterocycles. The Labute approximate surface area is 126 Å². The highest BCUT2D eigenvalue weighted by atomic mass is 32.1. The van der Waals surface area contributed by atoms with Gasteiger partial charge in [0.2, 0.25) is 0 Å². The first-order valence-corrected chi connectivity index (χ1v) is 7.56. The lowest BCUT2D eigenvalue weighted by Gasteiger charge is -2.02. The monoisotopic (exact) mass is 314 g/mol. The summed E-state index contributed by atoms with van der Waals surface area (Å²) in [5.74, 6) is 0. The highest BCUT2D eigenvalue weighted by Gasteiger charge is 2.27. The number of rotatable bonds is 6. The molecule has 0 aliphatic carbocycles. The number of benzene rings is 1. The van der Waals surface area contributed by atoms with Crippen molar-refractivity contribution in [3.63, 3.8) is 0 Å². The van der Waals surface area contributed by atoms with Gasteiger partial charge in [-0.15, -0.1) is 11.3 Å². The topological polar surface area (TPSA) is 24.9 Å². The average molecular weight is 314 g/mol. The molecule has 1 N–H and O–H groups in total. The van der Waals surface area contributed by atoms with Crippen molar-refractivity contribution >= 4 is 11.3 Å². The molecule has 2 rings (SSSR count). The van der Waals surface area contributed by atoms with Gasteiger partial charge in [-0.3, -0.25) is 0 Å². The number of likely N-dealkylation sites (N-methyl/N-ethyl adjacent to an activating group) is 1. The number of aryl methyl sites for hydroxylation is 1. The van der Waals surface area contributed by atoms with Crippen LogP contribution in [0, 0.1) is 0 Å². The summed E-state index contributed by atoms with van der Waals surface area (Å²) < 4.78 is 37.0. The lowest BCUT2D eigenvalue weighted by Crippen LogP contribution is -2.09. The minimum absolute atomic E-state index is 0.0481. The smallest absolute Gasteiger partial charge is 0.319 e. The van der Waals surface area contributed by atoms with Crippen LogP contribution < -0.4 is 5.32 Å². The summed E-state index contributed by atoms with van der Waals surface area (Å²) in [7, 11) is 1.85. The molecule has 0 bridgehead atoms. The van der Waals surface area contributed by atoms with E-state index in [4.69, 9.17) is 0 Å². The summed E-state index contributed by atoms with van der Waals surface area (Å²) in [5, 5.41) is 3.61. The molecule has 1 aromatic heterocycles. The highest BCUT2D eigenvalue weighted by Crippen LogP contribution is 2.31. The van der Waals surface area contributed by atoms with Gasteiger partial charge in [0.05, 0.1) is 10.7 Å². The number of nitrogens with zero attached hydrogens (tertiary/aromatic N) is 1. The third-order valence-corrected chi connectivity index (χ3v) is 4.19. The predicted molar refractivity (Wildman–Crippen MR) is 79.6 cm³/mol. The van der Waals surface area contributed by atoms with Crippen molar-refractivity contribution in [1.29, 1.82) is 0 Å². The summed E-state index contributed by atoms with van der Waals surface area (Å²) in [6.45, 7) is 0.779. The molecule has 21 heavy (non-hydrogen) atoms.